The number of amides is 1. The van der Waals surface area contributed by atoms with Crippen LogP contribution in [0.2, 0.25) is 0 Å². The summed E-state index contributed by atoms with van der Waals surface area (Å²) < 4.78 is 9.61. The van der Waals surface area contributed by atoms with Crippen LogP contribution in [0.15, 0.2) is 24.3 Å². The lowest BCUT2D eigenvalue weighted by Gasteiger charge is -2.07. The van der Waals surface area contributed by atoms with Crippen molar-refractivity contribution in [2.75, 3.05) is 25.1 Å². The first-order valence-electron chi connectivity index (χ1n) is 5.99. The summed E-state index contributed by atoms with van der Waals surface area (Å²) in [5.41, 5.74) is 0.915. The Balaban J connectivity index is 2.51. The fourth-order valence-electron chi connectivity index (χ4n) is 1.26. The van der Waals surface area contributed by atoms with Gasteiger partial charge in [-0.25, -0.2) is 9.59 Å². The van der Waals surface area contributed by atoms with Crippen LogP contribution in [0, 0.1) is 0 Å². The lowest BCUT2D eigenvalue weighted by molar-refractivity contribution is 0.0505. The molecule has 6 nitrogen and oxygen atoms in total. The maximum absolute atomic E-state index is 11.5. The van der Waals surface area contributed by atoms with Crippen LogP contribution in [-0.2, 0) is 9.47 Å². The average Bonchev–Trinajstić information content (AvgIpc) is 2.43. The first-order chi connectivity index (χ1) is 9.17. The molecule has 1 aromatic rings. The van der Waals surface area contributed by atoms with Crippen LogP contribution < -0.4 is 5.32 Å². The summed E-state index contributed by atoms with van der Waals surface area (Å²) in [6, 6.07) is 6.25. The number of benzene rings is 1. The van der Waals surface area contributed by atoms with E-state index in [4.69, 9.17) is 9.84 Å². The second-order valence-corrected chi connectivity index (χ2v) is 3.70. The number of nitrogens with one attached hydrogen (secondary N) is 1. The molecule has 1 amide bonds. The summed E-state index contributed by atoms with van der Waals surface area (Å²) in [5.74, 6) is -0.392. The molecule has 19 heavy (non-hydrogen) atoms. The van der Waals surface area contributed by atoms with E-state index in [-0.39, 0.29) is 13.2 Å². The Morgan fingerprint density at radius 2 is 1.84 bits per heavy atom. The van der Waals surface area contributed by atoms with Gasteiger partial charge in [0.25, 0.3) is 0 Å². The van der Waals surface area contributed by atoms with Gasteiger partial charge in [0.05, 0.1) is 18.8 Å². The van der Waals surface area contributed by atoms with E-state index in [0.29, 0.717) is 17.9 Å². The molecule has 0 aromatic heterocycles. The Kier molecular flexibility index (Phi) is 6.38. The van der Waals surface area contributed by atoms with E-state index >= 15 is 0 Å². The zero-order valence-electron chi connectivity index (χ0n) is 10.7. The first-order valence-corrected chi connectivity index (χ1v) is 5.99. The number of carbonyl (C=O) groups is 2. The average molecular weight is 267 g/mol. The highest BCUT2D eigenvalue weighted by Crippen LogP contribution is 2.11. The van der Waals surface area contributed by atoms with Crippen molar-refractivity contribution in [3.63, 3.8) is 0 Å². The van der Waals surface area contributed by atoms with Crippen molar-refractivity contribution in [3.8, 4) is 0 Å². The molecule has 0 bridgehead atoms. The Morgan fingerprint density at radius 1 is 1.16 bits per heavy atom. The quantitative estimate of drug-likeness (QED) is 0.768. The number of carbonyl (C=O) groups excluding carboxylic acids is 2. The molecule has 0 saturated heterocycles. The fourth-order valence-corrected chi connectivity index (χ4v) is 1.26. The van der Waals surface area contributed by atoms with Gasteiger partial charge in [0.2, 0.25) is 0 Å². The highest BCUT2D eigenvalue weighted by molar-refractivity contribution is 5.91. The van der Waals surface area contributed by atoms with Crippen molar-refractivity contribution >= 4 is 17.7 Å². The molecule has 6 heteroatoms. The number of esters is 1. The van der Waals surface area contributed by atoms with Crippen LogP contribution >= 0.6 is 0 Å². The van der Waals surface area contributed by atoms with Gasteiger partial charge in [-0.3, -0.25) is 5.32 Å². The molecule has 0 spiro atoms. The summed E-state index contributed by atoms with van der Waals surface area (Å²) >= 11 is 0. The highest BCUT2D eigenvalue weighted by Gasteiger charge is 2.07. The smallest absolute Gasteiger partial charge is 0.411 e. The second kappa shape index (κ2) is 8.10. The second-order valence-electron chi connectivity index (χ2n) is 3.70. The van der Waals surface area contributed by atoms with E-state index in [0.717, 1.165) is 6.42 Å². The number of aliphatic hydroxyl groups is 1. The van der Waals surface area contributed by atoms with E-state index in [1.165, 1.54) is 0 Å². The predicted octanol–water partition coefficient (Wildman–Crippen LogP) is 1.79. The molecule has 0 aliphatic carbocycles. The zero-order valence-corrected chi connectivity index (χ0v) is 10.7. The van der Waals surface area contributed by atoms with Crippen LogP contribution in [-0.4, -0.2) is 37.0 Å². The van der Waals surface area contributed by atoms with Gasteiger partial charge in [0.15, 0.2) is 0 Å². The Hall–Kier alpha value is -2.08. The third kappa shape index (κ3) is 5.39. The summed E-state index contributed by atoms with van der Waals surface area (Å²) in [6.07, 6.45) is 0.109. The lowest BCUT2D eigenvalue weighted by Crippen LogP contribution is -2.15. The number of anilines is 1. The zero-order chi connectivity index (χ0) is 14.1. The van der Waals surface area contributed by atoms with Crippen molar-refractivity contribution in [3.05, 3.63) is 29.8 Å². The molecule has 0 fully saturated rings. The lowest BCUT2D eigenvalue weighted by atomic mass is 10.2. The van der Waals surface area contributed by atoms with Gasteiger partial charge in [-0.1, -0.05) is 6.92 Å². The van der Waals surface area contributed by atoms with Crippen LogP contribution in [0.5, 0.6) is 0 Å². The van der Waals surface area contributed by atoms with E-state index < -0.39 is 12.1 Å². The minimum absolute atomic E-state index is 0.0622. The first kappa shape index (κ1) is 15.0. The molecule has 1 aromatic carbocycles. The van der Waals surface area contributed by atoms with Crippen LogP contribution in [0.1, 0.15) is 23.7 Å². The molecule has 0 unspecified atom stereocenters. The minimum Gasteiger partial charge on any atom is -0.462 e. The molecule has 0 saturated carbocycles. The van der Waals surface area contributed by atoms with Crippen molar-refractivity contribution in [1.82, 2.24) is 0 Å². The fraction of sp³-hybridized carbons (Fsp3) is 0.385. The monoisotopic (exact) mass is 267 g/mol. The number of hydrogen-bond acceptors (Lipinski definition) is 5. The summed E-state index contributed by atoms with van der Waals surface area (Å²) in [6.45, 7) is 2.01. The molecular formula is C13H17NO5. The summed E-state index contributed by atoms with van der Waals surface area (Å²) in [5, 5.41) is 11.0. The van der Waals surface area contributed by atoms with E-state index in [1.807, 2.05) is 6.92 Å². The third-order valence-electron chi connectivity index (χ3n) is 2.13. The van der Waals surface area contributed by atoms with Crippen molar-refractivity contribution in [2.45, 2.75) is 13.3 Å². The molecule has 0 radical (unpaired) electrons. The van der Waals surface area contributed by atoms with Crippen molar-refractivity contribution in [1.29, 1.82) is 0 Å². The maximum Gasteiger partial charge on any atom is 0.411 e. The minimum atomic E-state index is -0.657. The molecule has 0 aliphatic rings. The van der Waals surface area contributed by atoms with Gasteiger partial charge in [0, 0.05) is 5.69 Å². The van der Waals surface area contributed by atoms with Gasteiger partial charge in [0.1, 0.15) is 6.61 Å². The SMILES string of the molecule is CCCOC(=O)c1ccc(NC(=O)OCCO)cc1. The van der Waals surface area contributed by atoms with Gasteiger partial charge in [-0.15, -0.1) is 0 Å². The predicted molar refractivity (Wildman–Crippen MR) is 69.1 cm³/mol. The molecular weight excluding hydrogens is 250 g/mol. The van der Waals surface area contributed by atoms with Crippen LogP contribution in [0.4, 0.5) is 10.5 Å². The molecule has 0 atom stereocenters. The maximum atomic E-state index is 11.5. The van der Waals surface area contributed by atoms with Gasteiger partial charge >= 0.3 is 12.1 Å². The Morgan fingerprint density at radius 3 is 2.42 bits per heavy atom. The van der Waals surface area contributed by atoms with E-state index in [9.17, 15) is 9.59 Å². The number of aliphatic hydroxyl groups excluding tert-OH is 1. The van der Waals surface area contributed by atoms with E-state index in [2.05, 4.69) is 10.1 Å². The number of hydrogen-bond donors (Lipinski definition) is 2. The molecule has 104 valence electrons. The number of rotatable bonds is 6. The third-order valence-corrected chi connectivity index (χ3v) is 2.13. The molecule has 2 N–H and O–H groups in total. The highest BCUT2D eigenvalue weighted by atomic mass is 16.6. The largest absolute Gasteiger partial charge is 0.462 e. The molecule has 0 aliphatic heterocycles. The van der Waals surface area contributed by atoms with Crippen LogP contribution in [0.3, 0.4) is 0 Å². The van der Waals surface area contributed by atoms with Crippen LogP contribution in [0.25, 0.3) is 0 Å². The molecule has 0 heterocycles. The normalized spacial score (nSPS) is 9.79. The van der Waals surface area contributed by atoms with E-state index in [1.54, 1.807) is 24.3 Å². The summed E-state index contributed by atoms with van der Waals surface area (Å²) in [7, 11) is 0. The molecule has 1 rings (SSSR count). The topological polar surface area (TPSA) is 84.9 Å². The standard InChI is InChI=1S/C13H17NO5/c1-2-8-18-12(16)10-3-5-11(6-4-10)14-13(17)19-9-7-15/h3-6,15H,2,7-9H2,1H3,(H,14,17). The van der Waals surface area contributed by atoms with Crippen molar-refractivity contribution < 1.29 is 24.2 Å². The Bertz CT molecular complexity index is 416. The van der Waals surface area contributed by atoms with Gasteiger partial charge < -0.3 is 14.6 Å². The Labute approximate surface area is 111 Å². The summed E-state index contributed by atoms with van der Waals surface area (Å²) in [4.78, 5) is 22.7. The van der Waals surface area contributed by atoms with Crippen molar-refractivity contribution in [2.24, 2.45) is 0 Å². The van der Waals surface area contributed by atoms with Gasteiger partial charge in [-0.2, -0.15) is 0 Å². The number of ether oxygens (including phenoxy) is 2. The van der Waals surface area contributed by atoms with Gasteiger partial charge in [-0.05, 0) is 30.7 Å².